The maximum absolute atomic E-state index is 6.14. The van der Waals surface area contributed by atoms with Gasteiger partial charge in [-0.1, -0.05) is 41.0 Å². The Morgan fingerprint density at radius 2 is 1.94 bits per heavy atom. The molecule has 108 valence electrons. The maximum Gasteiger partial charge on any atom is 0.0618 e. The summed E-state index contributed by atoms with van der Waals surface area (Å²) in [6.07, 6.45) is 5.41. The van der Waals surface area contributed by atoms with E-state index in [0.29, 0.717) is 23.4 Å². The minimum Gasteiger partial charge on any atom is -0.378 e. The molecule has 2 nitrogen and oxygen atoms in total. The van der Waals surface area contributed by atoms with E-state index in [1.54, 1.807) is 0 Å². The lowest BCUT2D eigenvalue weighted by Gasteiger charge is -2.43. The van der Waals surface area contributed by atoms with Gasteiger partial charge < -0.3 is 10.5 Å². The van der Waals surface area contributed by atoms with Crippen LogP contribution in [-0.4, -0.2) is 19.3 Å². The summed E-state index contributed by atoms with van der Waals surface area (Å²) in [6.45, 7) is 13.2. The van der Waals surface area contributed by atoms with E-state index < -0.39 is 0 Å². The van der Waals surface area contributed by atoms with E-state index in [1.807, 2.05) is 0 Å². The molecule has 0 saturated heterocycles. The van der Waals surface area contributed by atoms with Crippen LogP contribution in [0.4, 0.5) is 0 Å². The van der Waals surface area contributed by atoms with E-state index in [2.05, 4.69) is 34.6 Å². The second-order valence-corrected chi connectivity index (χ2v) is 7.11. The molecule has 0 aromatic heterocycles. The molecule has 0 radical (unpaired) electrons. The molecule has 18 heavy (non-hydrogen) atoms. The van der Waals surface area contributed by atoms with Gasteiger partial charge in [0.15, 0.2) is 0 Å². The Hall–Kier alpha value is -0.0800. The minimum absolute atomic E-state index is 0.391. The van der Waals surface area contributed by atoms with Gasteiger partial charge in [-0.25, -0.2) is 0 Å². The lowest BCUT2D eigenvalue weighted by molar-refractivity contribution is -0.0520. The maximum atomic E-state index is 6.14. The normalized spacial score (nSPS) is 29.8. The van der Waals surface area contributed by atoms with E-state index in [1.165, 1.54) is 25.7 Å². The lowest BCUT2D eigenvalue weighted by Crippen LogP contribution is -2.40. The highest BCUT2D eigenvalue weighted by Crippen LogP contribution is 2.42. The van der Waals surface area contributed by atoms with E-state index in [-0.39, 0.29) is 0 Å². The van der Waals surface area contributed by atoms with Crippen molar-refractivity contribution in [3.63, 3.8) is 0 Å². The summed E-state index contributed by atoms with van der Waals surface area (Å²) >= 11 is 0. The molecule has 1 rings (SSSR count). The van der Waals surface area contributed by atoms with Crippen LogP contribution in [0, 0.1) is 23.2 Å². The van der Waals surface area contributed by atoms with E-state index in [0.717, 1.165) is 19.1 Å². The van der Waals surface area contributed by atoms with E-state index in [9.17, 15) is 0 Å². The van der Waals surface area contributed by atoms with Gasteiger partial charge in [0.1, 0.15) is 0 Å². The molecule has 1 aliphatic carbocycles. The van der Waals surface area contributed by atoms with Crippen molar-refractivity contribution in [2.75, 3.05) is 13.2 Å². The monoisotopic (exact) mass is 255 g/mol. The van der Waals surface area contributed by atoms with Crippen LogP contribution in [0.5, 0.6) is 0 Å². The Labute approximate surface area is 114 Å². The summed E-state index contributed by atoms with van der Waals surface area (Å²) in [5.74, 6) is 1.98. The van der Waals surface area contributed by atoms with Crippen molar-refractivity contribution in [2.45, 2.75) is 66.4 Å². The number of ether oxygens (including phenoxy) is 1. The van der Waals surface area contributed by atoms with Crippen LogP contribution >= 0.6 is 0 Å². The topological polar surface area (TPSA) is 35.2 Å². The van der Waals surface area contributed by atoms with Gasteiger partial charge in [-0.15, -0.1) is 0 Å². The van der Waals surface area contributed by atoms with Crippen LogP contribution in [0.3, 0.4) is 0 Å². The highest BCUT2D eigenvalue weighted by atomic mass is 16.5. The standard InChI is InChI=1S/C16H33NO/c1-6-16(4,5)14-8-7-13(10-17)15(9-14)18-11-12(2)3/h12-15H,6-11,17H2,1-5H3. The SMILES string of the molecule is CCC(C)(C)C1CCC(CN)C(OCC(C)C)C1. The largest absolute Gasteiger partial charge is 0.378 e. The van der Waals surface area contributed by atoms with Crippen LogP contribution in [0.25, 0.3) is 0 Å². The molecular weight excluding hydrogens is 222 g/mol. The predicted molar refractivity (Wildman–Crippen MR) is 78.5 cm³/mol. The fourth-order valence-electron chi connectivity index (χ4n) is 2.98. The molecule has 3 unspecified atom stereocenters. The number of rotatable bonds is 6. The zero-order chi connectivity index (χ0) is 13.8. The van der Waals surface area contributed by atoms with Crippen molar-refractivity contribution in [1.29, 1.82) is 0 Å². The Balaban J connectivity index is 2.60. The molecule has 2 N–H and O–H groups in total. The summed E-state index contributed by atoms with van der Waals surface area (Å²) in [7, 11) is 0. The molecule has 0 heterocycles. The first-order valence-corrected chi connectivity index (χ1v) is 7.72. The van der Waals surface area contributed by atoms with Gasteiger partial charge in [-0.2, -0.15) is 0 Å². The van der Waals surface area contributed by atoms with Gasteiger partial charge >= 0.3 is 0 Å². The van der Waals surface area contributed by atoms with Gasteiger partial charge in [0.05, 0.1) is 6.10 Å². The van der Waals surface area contributed by atoms with E-state index >= 15 is 0 Å². The smallest absolute Gasteiger partial charge is 0.0618 e. The zero-order valence-electron chi connectivity index (χ0n) is 13.0. The van der Waals surface area contributed by atoms with Gasteiger partial charge in [0.25, 0.3) is 0 Å². The van der Waals surface area contributed by atoms with Crippen LogP contribution in [0.2, 0.25) is 0 Å². The number of nitrogens with two attached hydrogens (primary N) is 1. The summed E-state index contributed by atoms with van der Waals surface area (Å²) < 4.78 is 6.14. The third kappa shape index (κ3) is 4.24. The lowest BCUT2D eigenvalue weighted by atomic mass is 9.66. The molecule has 1 fully saturated rings. The average molecular weight is 255 g/mol. The molecule has 0 bridgehead atoms. The van der Waals surface area contributed by atoms with Gasteiger partial charge in [0, 0.05) is 6.61 Å². The van der Waals surface area contributed by atoms with E-state index in [4.69, 9.17) is 10.5 Å². The minimum atomic E-state index is 0.391. The first-order valence-electron chi connectivity index (χ1n) is 7.72. The molecule has 3 atom stereocenters. The summed E-state index contributed by atoms with van der Waals surface area (Å²) in [5.41, 5.74) is 6.35. The third-order valence-electron chi connectivity index (χ3n) is 4.89. The quantitative estimate of drug-likeness (QED) is 0.782. The van der Waals surface area contributed by atoms with Crippen molar-refractivity contribution in [3.05, 3.63) is 0 Å². The number of hydrogen-bond donors (Lipinski definition) is 1. The fraction of sp³-hybridized carbons (Fsp3) is 1.00. The molecule has 0 aromatic carbocycles. The molecule has 0 amide bonds. The fourth-order valence-corrected chi connectivity index (χ4v) is 2.98. The van der Waals surface area contributed by atoms with Crippen LogP contribution in [0.1, 0.15) is 60.3 Å². The van der Waals surface area contributed by atoms with Gasteiger partial charge in [-0.3, -0.25) is 0 Å². The number of hydrogen-bond acceptors (Lipinski definition) is 2. The Bertz CT molecular complexity index is 237. The molecule has 1 saturated carbocycles. The summed E-state index contributed by atoms with van der Waals surface area (Å²) in [5, 5.41) is 0. The van der Waals surface area contributed by atoms with Crippen molar-refractivity contribution >= 4 is 0 Å². The third-order valence-corrected chi connectivity index (χ3v) is 4.89. The second kappa shape index (κ2) is 6.91. The highest BCUT2D eigenvalue weighted by molar-refractivity contribution is 4.88. The van der Waals surface area contributed by atoms with Gasteiger partial charge in [0.2, 0.25) is 0 Å². The van der Waals surface area contributed by atoms with Gasteiger partial charge in [-0.05, 0) is 49.0 Å². The highest BCUT2D eigenvalue weighted by Gasteiger charge is 2.37. The molecule has 2 heteroatoms. The predicted octanol–water partition coefficient (Wildman–Crippen LogP) is 3.84. The van der Waals surface area contributed by atoms with Crippen molar-refractivity contribution < 1.29 is 4.74 Å². The van der Waals surface area contributed by atoms with Crippen molar-refractivity contribution in [2.24, 2.45) is 28.9 Å². The van der Waals surface area contributed by atoms with Crippen LogP contribution in [0.15, 0.2) is 0 Å². The summed E-state index contributed by atoms with van der Waals surface area (Å²) in [6, 6.07) is 0. The van der Waals surface area contributed by atoms with Crippen molar-refractivity contribution in [1.82, 2.24) is 0 Å². The Morgan fingerprint density at radius 3 is 2.44 bits per heavy atom. The van der Waals surface area contributed by atoms with Crippen molar-refractivity contribution in [3.8, 4) is 0 Å². The zero-order valence-corrected chi connectivity index (χ0v) is 13.0. The Kier molecular flexibility index (Phi) is 6.13. The summed E-state index contributed by atoms with van der Waals surface area (Å²) in [4.78, 5) is 0. The first kappa shape index (κ1) is 16.0. The van der Waals surface area contributed by atoms with Crippen LogP contribution in [-0.2, 0) is 4.74 Å². The second-order valence-electron chi connectivity index (χ2n) is 7.11. The molecule has 1 aliphatic rings. The molecule has 0 aliphatic heterocycles. The first-order chi connectivity index (χ1) is 8.40. The molecule has 0 spiro atoms. The van der Waals surface area contributed by atoms with Crippen LogP contribution < -0.4 is 5.73 Å². The average Bonchev–Trinajstić information content (AvgIpc) is 2.35. The Morgan fingerprint density at radius 1 is 1.28 bits per heavy atom. The molecule has 0 aromatic rings. The molecular formula is C16H33NO.